The number of hydrogen-bond acceptors (Lipinski definition) is 40. The molecule has 20 rings (SSSR count). The monoisotopic (exact) mass is 2120 g/mol. The van der Waals surface area contributed by atoms with Crippen molar-refractivity contribution < 1.29 is 126 Å². The minimum absolute atomic E-state index is 0.0507. The van der Waals surface area contributed by atoms with Gasteiger partial charge in [0.15, 0.2) is 109 Å². The van der Waals surface area contributed by atoms with Crippen LogP contribution in [0.15, 0.2) is 214 Å². The number of methoxy groups -OCH3 is 8. The summed E-state index contributed by atoms with van der Waals surface area (Å²) in [5.41, 5.74) is 1.69. The van der Waals surface area contributed by atoms with Crippen molar-refractivity contribution in [3.8, 4) is 115 Å². The first-order valence-electron chi connectivity index (χ1n) is 45.6. The number of aromatic nitrogens is 20. The summed E-state index contributed by atoms with van der Waals surface area (Å²) in [5, 5.41) is 30.0. The smallest absolute Gasteiger partial charge is 0.204 e. The van der Waals surface area contributed by atoms with Gasteiger partial charge in [-0.05, 0) is 123 Å². The van der Waals surface area contributed by atoms with E-state index in [0.717, 1.165) is 49.6 Å². The quantitative estimate of drug-likeness (QED) is 0.0353. The molecule has 44 nitrogen and oxygen atoms in total. The van der Waals surface area contributed by atoms with Crippen LogP contribution in [0, 0.1) is 23.3 Å². The van der Waals surface area contributed by atoms with E-state index >= 15 is 0 Å². The molecule has 4 saturated heterocycles. The molecule has 0 spiro atoms. The second kappa shape index (κ2) is 46.2. The van der Waals surface area contributed by atoms with Crippen molar-refractivity contribution in [2.24, 2.45) is 0 Å². The van der Waals surface area contributed by atoms with Crippen molar-refractivity contribution in [2.45, 2.75) is 93.4 Å². The van der Waals surface area contributed by atoms with E-state index in [-0.39, 0.29) is 96.3 Å². The average molecular weight is 2120 g/mol. The summed E-state index contributed by atoms with van der Waals surface area (Å²) in [6, 6.07) is 34.3. The Bertz CT molecular complexity index is 6710. The molecular formula is C96H96F4N20O24S4. The maximum Gasteiger partial charge on any atom is 0.204 e. The molecule has 0 saturated carbocycles. The molecule has 0 bridgehead atoms. The molecular weight excluding hydrogens is 2020 g/mol. The predicted octanol–water partition coefficient (Wildman–Crippen LogP) is 11.8. The van der Waals surface area contributed by atoms with Crippen LogP contribution in [-0.2, 0) is 81.3 Å². The van der Waals surface area contributed by atoms with Crippen LogP contribution in [0.3, 0.4) is 0 Å². The Kier molecular flexibility index (Phi) is 32.4. The molecule has 4 aliphatic rings. The largest absolute Gasteiger partial charge is 0.494 e. The van der Waals surface area contributed by atoms with E-state index < -0.39 is 130 Å². The van der Waals surface area contributed by atoms with Crippen LogP contribution in [0.5, 0.6) is 46.0 Å². The molecule has 16 heterocycles. The SMILES string of the molecule is COc1cccc(OC)c1-n1c(CS(=O)(=O)[C@@H]2COCC[C@H]2c2ncc(F)cn2)nnc1-c1ccco1.COc1cccc(OC)c1-n1c(CS(=O)(=O)[C@@H]2COCC[C@H]2c2ncc(F)cn2)nnc1-c1ccco1.COc1cccc(OC)c1-n1c(CS(=O)(=O)[C@H]2COCC[C@@H]2c2ncc(F)cn2)nnc1-c1ccco1.COc1cccc(OC)c1-n1c(CS(=O)(=O)[C@H]2COCC[C@@H]2c2ncc(F)cn2)nnc1-c1ccco1. The van der Waals surface area contributed by atoms with Crippen molar-refractivity contribution in [1.82, 2.24) is 98.9 Å². The number of rotatable bonds is 32. The van der Waals surface area contributed by atoms with Crippen LogP contribution in [-0.4, -0.2) is 263 Å². The minimum Gasteiger partial charge on any atom is -0.494 e. The third-order valence-electron chi connectivity index (χ3n) is 24.7. The van der Waals surface area contributed by atoms with Gasteiger partial charge in [0.05, 0.1) is 179 Å². The van der Waals surface area contributed by atoms with Crippen molar-refractivity contribution in [2.75, 3.05) is 110 Å². The fourth-order valence-corrected chi connectivity index (χ4v) is 25.0. The summed E-state index contributed by atoms with van der Waals surface area (Å²) < 4.78 is 259. The second-order valence-electron chi connectivity index (χ2n) is 33.4. The van der Waals surface area contributed by atoms with Crippen molar-refractivity contribution in [3.63, 3.8) is 0 Å². The maximum absolute atomic E-state index is 13.8. The Labute approximate surface area is 843 Å². The van der Waals surface area contributed by atoms with E-state index in [9.17, 15) is 51.2 Å². The normalized spacial score (nSPS) is 18.0. The van der Waals surface area contributed by atoms with Gasteiger partial charge in [0.2, 0.25) is 23.3 Å². The molecule has 148 heavy (non-hydrogen) atoms. The van der Waals surface area contributed by atoms with Gasteiger partial charge >= 0.3 is 0 Å². The Morgan fingerprint density at radius 3 is 0.615 bits per heavy atom. The summed E-state index contributed by atoms with van der Waals surface area (Å²) in [6.07, 6.45) is 15.7. The van der Waals surface area contributed by atoms with Crippen LogP contribution in [0.4, 0.5) is 17.6 Å². The topological polar surface area (TPSA) is 526 Å². The van der Waals surface area contributed by atoms with E-state index in [1.54, 1.807) is 140 Å². The molecule has 0 radical (unpaired) electrons. The summed E-state index contributed by atoms with van der Waals surface area (Å²) >= 11 is 0. The Balaban J connectivity index is 0.000000135. The number of sulfone groups is 4. The standard InChI is InChI=1S/4C24H24FN5O6S/c4*1-33-17-5-3-6-18(34-2)22(17)30-21(28-29-24(30)19-7-4-9-36-19)14-37(31,32)20-13-35-10-8-16(20)23-26-11-15(25)12-27-23/h4*3-7,9,11-12,16,20H,8,10,13-14H2,1-2H3/t4*16-,20-/m1100/s1. The number of ether oxygens (including phenoxy) is 12. The van der Waals surface area contributed by atoms with Crippen molar-refractivity contribution >= 4 is 39.3 Å². The highest BCUT2D eigenvalue weighted by atomic mass is 32.2. The maximum atomic E-state index is 13.8. The number of para-hydroxylation sites is 4. The molecule has 4 aromatic carbocycles. The van der Waals surface area contributed by atoms with Gasteiger partial charge in [-0.25, -0.2) is 91.1 Å². The van der Waals surface area contributed by atoms with Crippen LogP contribution in [0.25, 0.3) is 69.1 Å². The Morgan fingerprint density at radius 2 is 0.453 bits per heavy atom. The van der Waals surface area contributed by atoms with Gasteiger partial charge in [-0.1, -0.05) is 24.3 Å². The summed E-state index contributed by atoms with van der Waals surface area (Å²) in [4.78, 5) is 32.3. The lowest BCUT2D eigenvalue weighted by Gasteiger charge is -2.30. The molecule has 52 heteroatoms. The predicted molar refractivity (Wildman–Crippen MR) is 515 cm³/mol. The van der Waals surface area contributed by atoms with Gasteiger partial charge < -0.3 is 74.5 Å². The van der Waals surface area contributed by atoms with Gasteiger partial charge in [-0.15, -0.1) is 40.8 Å². The first-order chi connectivity index (χ1) is 71.7. The van der Waals surface area contributed by atoms with E-state index in [2.05, 4.69) is 80.7 Å². The van der Waals surface area contributed by atoms with Gasteiger partial charge in [-0.3, -0.25) is 18.3 Å². The summed E-state index contributed by atoms with van der Waals surface area (Å²) in [5.74, 6) is 0.897. The van der Waals surface area contributed by atoms with Crippen LogP contribution >= 0.6 is 0 Å². The first kappa shape index (κ1) is 104. The molecule has 0 N–H and O–H groups in total. The van der Waals surface area contributed by atoms with Crippen molar-refractivity contribution in [3.05, 3.63) is 266 Å². The van der Waals surface area contributed by atoms with Crippen LogP contribution < -0.4 is 37.9 Å². The average Bonchev–Trinajstić information content (AvgIpc) is 1.65. The van der Waals surface area contributed by atoms with Gasteiger partial charge in [0, 0.05) is 50.1 Å². The first-order valence-corrected chi connectivity index (χ1v) is 52.4. The molecule has 0 aliphatic carbocycles. The highest BCUT2D eigenvalue weighted by Gasteiger charge is 2.46. The number of furan rings is 4. The van der Waals surface area contributed by atoms with E-state index in [4.69, 9.17) is 74.5 Å². The lowest BCUT2D eigenvalue weighted by Crippen LogP contribution is -2.39. The third-order valence-corrected chi connectivity index (χ3v) is 32.8. The highest BCUT2D eigenvalue weighted by molar-refractivity contribution is 7.92. The second-order valence-corrected chi connectivity index (χ2v) is 42.2. The highest BCUT2D eigenvalue weighted by Crippen LogP contribution is 2.46. The fraction of sp³-hybridized carbons (Fsp3) is 0.333. The summed E-state index contributed by atoms with van der Waals surface area (Å²) in [7, 11) is -3.63. The lowest BCUT2D eigenvalue weighted by atomic mass is 9.99. The molecule has 8 atom stereocenters. The van der Waals surface area contributed by atoms with Gasteiger partial charge in [0.1, 0.15) is 115 Å². The Morgan fingerprint density at radius 1 is 0.270 bits per heavy atom. The van der Waals surface area contributed by atoms with E-state index in [1.165, 1.54) is 81.9 Å². The van der Waals surface area contributed by atoms with Gasteiger partial charge in [0.25, 0.3) is 0 Å². The molecule has 4 fully saturated rings. The minimum atomic E-state index is -3.90. The molecule has 0 amide bonds. The molecule has 776 valence electrons. The molecule has 4 aliphatic heterocycles. The Hall–Kier alpha value is -15.4. The fourth-order valence-electron chi connectivity index (χ4n) is 17.7. The van der Waals surface area contributed by atoms with Crippen LogP contribution in [0.1, 0.15) is 96.0 Å². The van der Waals surface area contributed by atoms with E-state index in [0.29, 0.717) is 144 Å². The summed E-state index contributed by atoms with van der Waals surface area (Å²) in [6.45, 7) is 1.16. The lowest BCUT2D eigenvalue weighted by molar-refractivity contribution is 0.0859. The van der Waals surface area contributed by atoms with Crippen molar-refractivity contribution in [1.29, 1.82) is 0 Å². The zero-order chi connectivity index (χ0) is 104. The number of halogens is 4. The molecule has 16 aromatic rings. The van der Waals surface area contributed by atoms with Gasteiger partial charge in [-0.2, -0.15) is 0 Å². The number of benzene rings is 4. The molecule has 0 unspecified atom stereocenters. The number of hydrogen-bond donors (Lipinski definition) is 0. The third kappa shape index (κ3) is 22.5. The van der Waals surface area contributed by atoms with E-state index in [1.807, 2.05) is 0 Å². The van der Waals surface area contributed by atoms with Crippen LogP contribution in [0.2, 0.25) is 0 Å². The zero-order valence-electron chi connectivity index (χ0n) is 80.3. The zero-order valence-corrected chi connectivity index (χ0v) is 83.6. The number of nitrogens with zero attached hydrogens (tertiary/aromatic N) is 20. The molecule has 12 aromatic heterocycles.